The van der Waals surface area contributed by atoms with E-state index in [9.17, 15) is 33.6 Å². The van der Waals surface area contributed by atoms with Crippen molar-refractivity contribution < 1.29 is 43.1 Å². The maximum atomic E-state index is 13.1. The van der Waals surface area contributed by atoms with Gasteiger partial charge in [0, 0.05) is 5.56 Å². The second-order valence-corrected chi connectivity index (χ2v) is 9.27. The Morgan fingerprint density at radius 3 is 2.45 bits per heavy atom. The summed E-state index contributed by atoms with van der Waals surface area (Å²) in [4.78, 5) is 16.3. The lowest BCUT2D eigenvalue weighted by atomic mass is 9.98. The molecule has 4 rings (SSSR count). The summed E-state index contributed by atoms with van der Waals surface area (Å²) in [7, 11) is -3.22. The minimum atomic E-state index is -4.72. The van der Waals surface area contributed by atoms with Crippen molar-refractivity contribution in [1.29, 1.82) is 0 Å². The lowest BCUT2D eigenvalue weighted by Crippen LogP contribution is -2.66. The fourth-order valence-corrected chi connectivity index (χ4v) is 5.67. The molecule has 3 aliphatic rings. The van der Waals surface area contributed by atoms with Crippen LogP contribution in [0.5, 0.6) is 5.75 Å². The van der Waals surface area contributed by atoms with Gasteiger partial charge in [-0.25, -0.2) is 4.79 Å². The number of carbonyl (C=O) groups excluding carboxylic acids is 1. The number of hydrogen-bond acceptors (Lipinski definition) is 11. The van der Waals surface area contributed by atoms with Gasteiger partial charge in [-0.3, -0.25) is 0 Å². The number of aliphatic hydroxyl groups excluding tert-OH is 4. The molecule has 0 unspecified atom stereocenters. The number of amides is 2. The number of rotatable bonds is 4. The predicted octanol–water partition coefficient (Wildman–Crippen LogP) is -1.76. The highest BCUT2D eigenvalue weighted by molar-refractivity contribution is 8.28. The van der Waals surface area contributed by atoms with Gasteiger partial charge in [0.15, 0.2) is 6.23 Å². The van der Waals surface area contributed by atoms with Crippen LogP contribution in [0.1, 0.15) is 5.56 Å². The minimum absolute atomic E-state index is 0.125. The molecule has 0 aliphatic carbocycles. The Balaban J connectivity index is 1.68. The number of ether oxygens (including phenoxy) is 2. The summed E-state index contributed by atoms with van der Waals surface area (Å²) in [5, 5.41) is 43.5. The summed E-state index contributed by atoms with van der Waals surface area (Å²) in [5.74, 6) is 0.582. The van der Waals surface area contributed by atoms with E-state index in [1.807, 2.05) is 0 Å². The molecule has 1 fully saturated rings. The van der Waals surface area contributed by atoms with E-state index < -0.39 is 53.5 Å². The smallest absolute Gasteiger partial charge is 0.363 e. The third-order valence-electron chi connectivity index (χ3n) is 4.82. The molecule has 1 aromatic carbocycles. The zero-order chi connectivity index (χ0) is 22.5. The summed E-state index contributed by atoms with van der Waals surface area (Å²) in [5.41, 5.74) is 0.546. The first-order valence-electron chi connectivity index (χ1n) is 8.87. The molecule has 0 aromatic heterocycles. The van der Waals surface area contributed by atoms with Crippen LogP contribution in [0.4, 0.5) is 4.79 Å². The zero-order valence-corrected chi connectivity index (χ0v) is 17.5. The van der Waals surface area contributed by atoms with E-state index in [1.54, 1.807) is 24.3 Å². The topological polar surface area (TPSA) is 182 Å². The van der Waals surface area contributed by atoms with E-state index >= 15 is 0 Å². The Kier molecular flexibility index (Phi) is 5.67. The van der Waals surface area contributed by atoms with E-state index in [4.69, 9.17) is 9.47 Å². The van der Waals surface area contributed by atoms with Crippen molar-refractivity contribution in [3.63, 3.8) is 0 Å². The van der Waals surface area contributed by atoms with E-state index in [1.165, 1.54) is 7.11 Å². The molecular weight excluding hydrogens is 456 g/mol. The van der Waals surface area contributed by atoms with Crippen LogP contribution < -0.4 is 4.74 Å². The monoisotopic (exact) mass is 474 g/mol. The Labute approximate surface area is 180 Å². The summed E-state index contributed by atoms with van der Waals surface area (Å²) < 4.78 is 37.2. The number of thioether (sulfide) groups is 1. The predicted molar refractivity (Wildman–Crippen MR) is 106 cm³/mol. The normalized spacial score (nSPS) is 32.4. The number of aliphatic imine (C=N–C) groups is 1. The van der Waals surface area contributed by atoms with Crippen LogP contribution in [0.2, 0.25) is 0 Å². The van der Waals surface area contributed by atoms with Crippen LogP contribution >= 0.6 is 11.8 Å². The molecule has 2 amide bonds. The van der Waals surface area contributed by atoms with Crippen molar-refractivity contribution in [3.8, 4) is 5.75 Å². The molecule has 31 heavy (non-hydrogen) atoms. The summed E-state index contributed by atoms with van der Waals surface area (Å²) in [6.45, 7) is -0.794. The van der Waals surface area contributed by atoms with Gasteiger partial charge < -0.3 is 29.9 Å². The fourth-order valence-electron chi connectivity index (χ4n) is 3.17. The van der Waals surface area contributed by atoms with Gasteiger partial charge in [-0.1, -0.05) is 0 Å². The van der Waals surface area contributed by atoms with Gasteiger partial charge >= 0.3 is 16.2 Å². The van der Waals surface area contributed by atoms with Crippen LogP contribution in [-0.2, 0) is 14.9 Å². The van der Waals surface area contributed by atoms with E-state index in [2.05, 4.69) is 10.1 Å². The van der Waals surface area contributed by atoms with E-state index in [0.29, 0.717) is 15.7 Å². The van der Waals surface area contributed by atoms with Crippen molar-refractivity contribution in [2.45, 2.75) is 30.6 Å². The highest BCUT2D eigenvalue weighted by atomic mass is 32.2. The Bertz CT molecular complexity index is 1040. The van der Waals surface area contributed by atoms with Crippen LogP contribution in [0.25, 0.3) is 0 Å². The van der Waals surface area contributed by atoms with Gasteiger partial charge in [0.1, 0.15) is 35.2 Å². The number of fused-ring (bicyclic) bond motifs is 1. The van der Waals surface area contributed by atoms with E-state index in [0.717, 1.165) is 11.8 Å². The highest BCUT2D eigenvalue weighted by Gasteiger charge is 2.55. The molecule has 0 spiro atoms. The number of benzene rings is 1. The summed E-state index contributed by atoms with van der Waals surface area (Å²) in [6, 6.07) is 5.31. The Morgan fingerprint density at radius 1 is 1.16 bits per heavy atom. The van der Waals surface area contributed by atoms with Crippen LogP contribution in [0, 0.1) is 0 Å². The molecule has 168 valence electrons. The zero-order valence-electron chi connectivity index (χ0n) is 15.8. The average molecular weight is 474 g/mol. The molecule has 3 aliphatic heterocycles. The number of nitrogens with zero attached hydrogens (tertiary/aromatic N) is 4. The molecule has 5 atom stereocenters. The number of urea groups is 1. The van der Waals surface area contributed by atoms with Crippen LogP contribution in [0.3, 0.4) is 0 Å². The average Bonchev–Trinajstić information content (AvgIpc) is 3.18. The molecule has 1 aromatic rings. The summed E-state index contributed by atoms with van der Waals surface area (Å²) >= 11 is 0.848. The molecule has 4 N–H and O–H groups in total. The fraction of sp³-hybridized carbons (Fsp3) is 0.438. The molecule has 1 saturated heterocycles. The lowest BCUT2D eigenvalue weighted by Gasteiger charge is -2.44. The second kappa shape index (κ2) is 8.01. The first kappa shape index (κ1) is 21.9. The van der Waals surface area contributed by atoms with Crippen LogP contribution in [0.15, 0.2) is 34.4 Å². The maximum absolute atomic E-state index is 13.1. The minimum Gasteiger partial charge on any atom is -0.497 e. The number of amidine groups is 1. The van der Waals surface area contributed by atoms with Gasteiger partial charge in [0.2, 0.25) is 5.17 Å². The number of hydrazone groups is 1. The van der Waals surface area contributed by atoms with Gasteiger partial charge in [-0.15, -0.1) is 9.52 Å². The molecule has 0 bridgehead atoms. The van der Waals surface area contributed by atoms with Gasteiger partial charge in [-0.05, 0) is 36.0 Å². The van der Waals surface area contributed by atoms with Crippen LogP contribution in [-0.4, -0.2) is 98.2 Å². The molecular formula is C16H18N4O9S2. The number of aliphatic hydroxyl groups is 4. The number of methoxy groups -OCH3 is 1. The second-order valence-electron chi connectivity index (χ2n) is 6.68. The Hall–Kier alpha value is -2.27. The SMILES string of the molecule is COc1ccc(C2=NN3C(=NC(=O)N([C@@H]4O[C@H](CO)[C@@H](O)[C@H](O)[C@H]4O)S3(=O)=O)S2)cc1. The highest BCUT2D eigenvalue weighted by Crippen LogP contribution is 2.36. The van der Waals surface area contributed by atoms with Crippen molar-refractivity contribution in [3.05, 3.63) is 29.8 Å². The molecule has 3 heterocycles. The number of carbonyl (C=O) groups is 1. The first-order valence-corrected chi connectivity index (χ1v) is 11.1. The molecule has 0 saturated carbocycles. The molecule has 15 heteroatoms. The largest absolute Gasteiger partial charge is 0.497 e. The molecule has 0 radical (unpaired) electrons. The third-order valence-corrected chi connectivity index (χ3v) is 7.44. The van der Waals surface area contributed by atoms with Gasteiger partial charge in [0.25, 0.3) is 0 Å². The standard InChI is InChI=1S/C16H18N4O9S2/c1-28-8-4-2-7(3-5-8)13-18-20-16(30-13)17-15(25)19(31(20,26)27)14-12(24)11(23)10(22)9(6-21)29-14/h2-5,9-12,14,21-24H,6H2,1H3/t9-,10-,11+,12-,14-/m1/s1. The summed E-state index contributed by atoms with van der Waals surface area (Å²) in [6.07, 6.45) is -8.95. The van der Waals surface area contributed by atoms with E-state index in [-0.39, 0.29) is 14.5 Å². The quantitative estimate of drug-likeness (QED) is 0.390. The number of hydrogen-bond donors (Lipinski definition) is 4. The van der Waals surface area contributed by atoms with Crippen molar-refractivity contribution >= 4 is 38.2 Å². The maximum Gasteiger partial charge on any atom is 0.363 e. The van der Waals surface area contributed by atoms with Crippen molar-refractivity contribution in [2.24, 2.45) is 10.1 Å². The third kappa shape index (κ3) is 3.57. The lowest BCUT2D eigenvalue weighted by molar-refractivity contribution is -0.247. The van der Waals surface area contributed by atoms with Crippen molar-refractivity contribution in [1.82, 2.24) is 8.72 Å². The van der Waals surface area contributed by atoms with Crippen molar-refractivity contribution in [2.75, 3.05) is 13.7 Å². The van der Waals surface area contributed by atoms with Gasteiger partial charge in [0.05, 0.1) is 13.7 Å². The molecule has 13 nitrogen and oxygen atoms in total. The first-order chi connectivity index (χ1) is 14.7. The Morgan fingerprint density at radius 2 is 1.84 bits per heavy atom. The van der Waals surface area contributed by atoms with Gasteiger partial charge in [-0.2, -0.15) is 17.7 Å².